The van der Waals surface area contributed by atoms with Gasteiger partial charge in [-0.3, -0.25) is 0 Å². The van der Waals surface area contributed by atoms with Crippen molar-refractivity contribution < 1.29 is 32.9 Å². The van der Waals surface area contributed by atoms with Crippen molar-refractivity contribution in [1.82, 2.24) is 15.0 Å². The molecule has 1 aromatic carbocycles. The lowest BCUT2D eigenvalue weighted by molar-refractivity contribution is -0.115. The summed E-state index contributed by atoms with van der Waals surface area (Å²) in [5, 5.41) is 31.8. The first-order valence-corrected chi connectivity index (χ1v) is 10.2. The molecule has 0 amide bonds. The summed E-state index contributed by atoms with van der Waals surface area (Å²) < 4.78 is 43.6. The van der Waals surface area contributed by atoms with E-state index in [1.165, 1.54) is 0 Å². The molecular weight excluding hydrogens is 443 g/mol. The summed E-state index contributed by atoms with van der Waals surface area (Å²) in [6.07, 6.45) is -4.78. The van der Waals surface area contributed by atoms with Gasteiger partial charge in [0.2, 0.25) is 11.8 Å². The molecule has 0 aliphatic heterocycles. The van der Waals surface area contributed by atoms with Crippen molar-refractivity contribution in [3.8, 4) is 11.5 Å². The molecule has 3 aromatic rings. The molecule has 33 heavy (non-hydrogen) atoms. The molecule has 0 saturated heterocycles. The van der Waals surface area contributed by atoms with E-state index in [0.717, 1.165) is 7.11 Å². The Kier molecular flexibility index (Phi) is 9.38. The minimum Gasteiger partial charge on any atom is -0.436 e. The smallest absolute Gasteiger partial charge is 0.405 e. The van der Waals surface area contributed by atoms with Crippen LogP contribution >= 0.6 is 0 Å². The summed E-state index contributed by atoms with van der Waals surface area (Å²) in [7, 11) is 1.00. The maximum Gasteiger partial charge on any atom is 0.405 e. The van der Waals surface area contributed by atoms with Gasteiger partial charge in [0.25, 0.3) is 0 Å². The molecule has 182 valence electrons. The van der Waals surface area contributed by atoms with Gasteiger partial charge in [0.05, 0.1) is 11.8 Å². The molecule has 9 nitrogen and oxygen atoms in total. The highest BCUT2D eigenvalue weighted by Gasteiger charge is 2.28. The molecule has 0 bridgehead atoms. The van der Waals surface area contributed by atoms with Crippen molar-refractivity contribution in [2.45, 2.75) is 32.5 Å². The summed E-state index contributed by atoms with van der Waals surface area (Å²) in [6.45, 7) is 1.97. The van der Waals surface area contributed by atoms with Gasteiger partial charge in [0.1, 0.15) is 23.4 Å². The lowest BCUT2D eigenvalue weighted by Gasteiger charge is -2.21. The zero-order valence-electron chi connectivity index (χ0n) is 18.5. The Labute approximate surface area is 188 Å². The number of nitrogens with one attached hydrogen (secondary N) is 2. The second kappa shape index (κ2) is 11.8. The molecule has 3 rings (SSSR count). The Balaban J connectivity index is 0.00000187. The summed E-state index contributed by atoms with van der Waals surface area (Å²) in [4.78, 5) is 12.7. The topological polar surface area (TPSA) is 137 Å². The monoisotopic (exact) mass is 471 g/mol. The zero-order chi connectivity index (χ0) is 24.6. The Morgan fingerprint density at radius 1 is 1.09 bits per heavy atom. The number of halogens is 3. The fourth-order valence-corrected chi connectivity index (χ4v) is 3.09. The van der Waals surface area contributed by atoms with Crippen LogP contribution in [0.3, 0.4) is 0 Å². The number of nitrogens with zero attached hydrogens (tertiary/aromatic N) is 3. The van der Waals surface area contributed by atoms with Gasteiger partial charge >= 0.3 is 6.18 Å². The van der Waals surface area contributed by atoms with Gasteiger partial charge in [-0.15, -0.1) is 0 Å². The van der Waals surface area contributed by atoms with Crippen molar-refractivity contribution in [3.63, 3.8) is 0 Å². The number of rotatable bonds is 9. The number of hydrogen-bond acceptors (Lipinski definition) is 9. The van der Waals surface area contributed by atoms with E-state index < -0.39 is 18.8 Å². The molecule has 0 aliphatic carbocycles. The van der Waals surface area contributed by atoms with E-state index in [9.17, 15) is 23.4 Å². The number of aliphatic hydroxyl groups is 3. The van der Waals surface area contributed by atoms with Crippen LogP contribution in [0, 0.1) is 12.8 Å². The highest BCUT2D eigenvalue weighted by molar-refractivity contribution is 5.80. The molecule has 2 atom stereocenters. The first kappa shape index (κ1) is 26.3. The fraction of sp³-hybridized carbons (Fsp3) is 0.476. The number of aromatic nitrogens is 3. The predicted octanol–water partition coefficient (Wildman–Crippen LogP) is 2.97. The van der Waals surface area contributed by atoms with Crippen LogP contribution in [0.25, 0.3) is 22.6 Å². The summed E-state index contributed by atoms with van der Waals surface area (Å²) in [5.74, 6) is -0.213. The van der Waals surface area contributed by atoms with Crippen LogP contribution in [0.5, 0.6) is 0 Å². The number of fused-ring (bicyclic) bond motifs is 1. The zero-order valence-corrected chi connectivity index (χ0v) is 18.5. The van der Waals surface area contributed by atoms with Gasteiger partial charge < -0.3 is 30.4 Å². The van der Waals surface area contributed by atoms with E-state index in [-0.39, 0.29) is 36.7 Å². The van der Waals surface area contributed by atoms with Crippen molar-refractivity contribution >= 4 is 22.9 Å². The lowest BCUT2D eigenvalue weighted by atomic mass is 10.0. The minimum absolute atomic E-state index is 0.0153. The quantitative estimate of drug-likeness (QED) is 0.319. The maximum absolute atomic E-state index is 12.6. The largest absolute Gasteiger partial charge is 0.436 e. The molecule has 12 heteroatoms. The molecular formula is C21H28F3N5O4. The van der Waals surface area contributed by atoms with Crippen LogP contribution in [-0.4, -0.2) is 69.4 Å². The third kappa shape index (κ3) is 7.01. The number of anilines is 2. The minimum atomic E-state index is -4.44. The van der Waals surface area contributed by atoms with E-state index in [0.29, 0.717) is 28.8 Å². The van der Waals surface area contributed by atoms with E-state index in [4.69, 9.17) is 9.52 Å². The van der Waals surface area contributed by atoms with Gasteiger partial charge in [-0.05, 0) is 25.5 Å². The SMILES string of the molecule is CCC(CO)[C@@H](O)CNc1nc(NCC(F)(F)F)nc(C)c1-c1nc2ccccc2o1.CO. The number of para-hydroxylation sites is 2. The third-order valence-electron chi connectivity index (χ3n) is 4.83. The first-order chi connectivity index (χ1) is 15.7. The third-order valence-corrected chi connectivity index (χ3v) is 4.83. The van der Waals surface area contributed by atoms with Crippen molar-refractivity contribution in [2.24, 2.45) is 5.92 Å². The molecule has 0 saturated carbocycles. The van der Waals surface area contributed by atoms with Crippen molar-refractivity contribution in [3.05, 3.63) is 30.0 Å². The normalized spacial score (nSPS) is 13.2. The van der Waals surface area contributed by atoms with E-state index in [1.54, 1.807) is 31.2 Å². The number of benzene rings is 1. The van der Waals surface area contributed by atoms with Gasteiger partial charge in [-0.2, -0.15) is 18.2 Å². The van der Waals surface area contributed by atoms with Crippen molar-refractivity contribution in [2.75, 3.05) is 37.4 Å². The standard InChI is InChI=1S/C20H24F3N5O3.CH4O/c1-3-12(9-29)14(30)8-24-17-16(18-27-13-6-4-5-7-15(13)31-18)11(2)26-19(28-17)25-10-20(21,22)23;1-2/h4-7,12,14,29-30H,3,8-10H2,1-2H3,(H2,24,25,26,28);2H,1H3/t12?,14-;/m0./s1. The fourth-order valence-electron chi connectivity index (χ4n) is 3.09. The first-order valence-electron chi connectivity index (χ1n) is 10.2. The number of oxazole rings is 1. The van der Waals surface area contributed by atoms with E-state index >= 15 is 0 Å². The summed E-state index contributed by atoms with van der Waals surface area (Å²) in [6, 6.07) is 7.10. The van der Waals surface area contributed by atoms with E-state index in [2.05, 4.69) is 25.6 Å². The van der Waals surface area contributed by atoms with Crippen LogP contribution in [0.2, 0.25) is 0 Å². The molecule has 0 aliphatic rings. The maximum atomic E-state index is 12.6. The number of hydrogen-bond donors (Lipinski definition) is 5. The molecule has 5 N–H and O–H groups in total. The van der Waals surface area contributed by atoms with Crippen LogP contribution in [-0.2, 0) is 0 Å². The van der Waals surface area contributed by atoms with Gasteiger partial charge in [-0.25, -0.2) is 9.97 Å². The van der Waals surface area contributed by atoms with Gasteiger partial charge in [-0.1, -0.05) is 19.1 Å². The number of alkyl halides is 3. The summed E-state index contributed by atoms with van der Waals surface area (Å²) >= 11 is 0. The van der Waals surface area contributed by atoms with E-state index in [1.807, 2.05) is 6.92 Å². The van der Waals surface area contributed by atoms with Crippen LogP contribution in [0.1, 0.15) is 19.0 Å². The van der Waals surface area contributed by atoms with Gasteiger partial charge in [0.15, 0.2) is 5.58 Å². The van der Waals surface area contributed by atoms with Crippen molar-refractivity contribution in [1.29, 1.82) is 0 Å². The second-order valence-electron chi connectivity index (χ2n) is 7.11. The number of aryl methyl sites for hydroxylation is 1. The molecule has 0 radical (unpaired) electrons. The molecule has 0 fully saturated rings. The lowest BCUT2D eigenvalue weighted by Crippen LogP contribution is -2.31. The Bertz CT molecular complexity index is 992. The van der Waals surface area contributed by atoms with Crippen LogP contribution < -0.4 is 10.6 Å². The molecule has 2 aromatic heterocycles. The second-order valence-corrected chi connectivity index (χ2v) is 7.11. The van der Waals surface area contributed by atoms with Crippen LogP contribution in [0.4, 0.5) is 24.9 Å². The van der Waals surface area contributed by atoms with Gasteiger partial charge in [0, 0.05) is 26.2 Å². The Hall–Kier alpha value is -2.96. The Morgan fingerprint density at radius 2 is 1.79 bits per heavy atom. The highest BCUT2D eigenvalue weighted by atomic mass is 19.4. The highest BCUT2D eigenvalue weighted by Crippen LogP contribution is 2.32. The molecule has 1 unspecified atom stereocenters. The predicted molar refractivity (Wildman–Crippen MR) is 118 cm³/mol. The Morgan fingerprint density at radius 3 is 2.39 bits per heavy atom. The molecule has 0 spiro atoms. The molecule has 2 heterocycles. The average molecular weight is 471 g/mol. The van der Waals surface area contributed by atoms with Crippen LogP contribution in [0.15, 0.2) is 28.7 Å². The summed E-state index contributed by atoms with van der Waals surface area (Å²) in [5.41, 5.74) is 1.86. The number of aliphatic hydroxyl groups excluding tert-OH is 3. The average Bonchev–Trinajstić information content (AvgIpc) is 3.21.